The van der Waals surface area contributed by atoms with Crippen LogP contribution >= 0.6 is 0 Å². The standard InChI is InChI=1S/C27H27N9/c1-16(17-5-6-17)30-19-13-18(14-28-15-19)20-7-8-21-23(31-20)25(35-34-21)27-32-24-22(9-10-29-26(24)33-27)36-11-3-2-4-12-36/h7-10,13-15,17,30H,1-6,11-12H2,(H,34,35)(H,29,32,33). The van der Waals surface area contributed by atoms with Crippen molar-refractivity contribution in [2.75, 3.05) is 23.3 Å². The van der Waals surface area contributed by atoms with Gasteiger partial charge >= 0.3 is 0 Å². The van der Waals surface area contributed by atoms with E-state index in [0.29, 0.717) is 17.4 Å². The van der Waals surface area contributed by atoms with Gasteiger partial charge < -0.3 is 15.2 Å². The molecule has 0 amide bonds. The molecule has 2 aliphatic rings. The van der Waals surface area contributed by atoms with Gasteiger partial charge in [0.05, 0.1) is 28.8 Å². The lowest BCUT2D eigenvalue weighted by molar-refractivity contribution is 0.578. The van der Waals surface area contributed by atoms with Gasteiger partial charge in [0.25, 0.3) is 0 Å². The van der Waals surface area contributed by atoms with Gasteiger partial charge in [-0.3, -0.25) is 10.1 Å². The van der Waals surface area contributed by atoms with Crippen LogP contribution in [0.2, 0.25) is 0 Å². The van der Waals surface area contributed by atoms with Gasteiger partial charge in [-0.25, -0.2) is 15.0 Å². The monoisotopic (exact) mass is 477 g/mol. The molecule has 0 bridgehead atoms. The summed E-state index contributed by atoms with van der Waals surface area (Å²) < 4.78 is 0. The fourth-order valence-corrected chi connectivity index (χ4v) is 4.99. The van der Waals surface area contributed by atoms with Crippen LogP contribution in [0.25, 0.3) is 45.0 Å². The average molecular weight is 478 g/mol. The Labute approximate surface area is 208 Å². The molecular weight excluding hydrogens is 450 g/mol. The third kappa shape index (κ3) is 3.77. The number of aromatic amines is 2. The van der Waals surface area contributed by atoms with Gasteiger partial charge in [0, 0.05) is 36.7 Å². The maximum atomic E-state index is 4.96. The summed E-state index contributed by atoms with van der Waals surface area (Å²) in [6.07, 6.45) is 11.6. The van der Waals surface area contributed by atoms with E-state index in [0.717, 1.165) is 63.6 Å². The Morgan fingerprint density at radius 2 is 1.92 bits per heavy atom. The van der Waals surface area contributed by atoms with Gasteiger partial charge in [-0.2, -0.15) is 5.10 Å². The number of hydrogen-bond donors (Lipinski definition) is 3. The Hall–Kier alpha value is -4.27. The summed E-state index contributed by atoms with van der Waals surface area (Å²) in [5.41, 5.74) is 8.77. The molecule has 1 saturated heterocycles. The number of allylic oxidation sites excluding steroid dienone is 1. The van der Waals surface area contributed by atoms with Crippen LogP contribution in [0, 0.1) is 5.92 Å². The number of anilines is 2. The molecule has 0 spiro atoms. The van der Waals surface area contributed by atoms with Crippen molar-refractivity contribution >= 4 is 33.6 Å². The van der Waals surface area contributed by atoms with Crippen LogP contribution in [0.1, 0.15) is 32.1 Å². The van der Waals surface area contributed by atoms with Crippen LogP contribution in [0.5, 0.6) is 0 Å². The number of nitrogens with one attached hydrogen (secondary N) is 3. The van der Waals surface area contributed by atoms with E-state index in [4.69, 9.17) is 9.97 Å². The minimum atomic E-state index is 0.574. The first-order valence-corrected chi connectivity index (χ1v) is 12.6. The van der Waals surface area contributed by atoms with Gasteiger partial charge in [0.15, 0.2) is 17.2 Å². The van der Waals surface area contributed by atoms with E-state index in [1.165, 1.54) is 32.1 Å². The van der Waals surface area contributed by atoms with Crippen molar-refractivity contribution in [3.05, 3.63) is 55.1 Å². The largest absolute Gasteiger partial charge is 0.370 e. The Bertz CT molecular complexity index is 1590. The van der Waals surface area contributed by atoms with Crippen LogP contribution in [0.3, 0.4) is 0 Å². The highest BCUT2D eigenvalue weighted by Crippen LogP contribution is 2.36. The molecule has 0 aromatic carbocycles. The third-order valence-electron chi connectivity index (χ3n) is 7.10. The average Bonchev–Trinajstić information content (AvgIpc) is 3.55. The molecule has 0 atom stereocenters. The van der Waals surface area contributed by atoms with Crippen LogP contribution in [-0.2, 0) is 0 Å². The fourth-order valence-electron chi connectivity index (χ4n) is 4.99. The number of pyridine rings is 3. The molecule has 1 saturated carbocycles. The molecule has 180 valence electrons. The molecule has 1 aliphatic carbocycles. The summed E-state index contributed by atoms with van der Waals surface area (Å²) in [6, 6.07) is 8.10. The number of H-pyrrole nitrogens is 2. The van der Waals surface area contributed by atoms with E-state index in [1.54, 1.807) is 0 Å². The molecule has 9 heteroatoms. The zero-order valence-corrected chi connectivity index (χ0v) is 20.0. The third-order valence-corrected chi connectivity index (χ3v) is 7.10. The maximum Gasteiger partial charge on any atom is 0.162 e. The predicted octanol–water partition coefficient (Wildman–Crippen LogP) is 5.28. The Morgan fingerprint density at radius 1 is 1.03 bits per heavy atom. The second-order valence-electron chi connectivity index (χ2n) is 9.71. The van der Waals surface area contributed by atoms with Crippen molar-refractivity contribution in [3.8, 4) is 22.8 Å². The highest BCUT2D eigenvalue weighted by molar-refractivity contribution is 5.93. The molecule has 5 aromatic heterocycles. The van der Waals surface area contributed by atoms with Crippen LogP contribution in [0.15, 0.2) is 55.1 Å². The van der Waals surface area contributed by atoms with Gasteiger partial charge in [-0.1, -0.05) is 6.58 Å². The quantitative estimate of drug-likeness (QED) is 0.305. The van der Waals surface area contributed by atoms with Crippen molar-refractivity contribution in [2.24, 2.45) is 5.92 Å². The Balaban J connectivity index is 1.25. The summed E-state index contributed by atoms with van der Waals surface area (Å²) in [5.74, 6) is 1.23. The van der Waals surface area contributed by atoms with Crippen molar-refractivity contribution < 1.29 is 0 Å². The van der Waals surface area contributed by atoms with Crippen LogP contribution < -0.4 is 10.2 Å². The topological polar surface area (TPSA) is 111 Å². The van der Waals surface area contributed by atoms with E-state index in [-0.39, 0.29) is 0 Å². The number of piperidine rings is 1. The molecule has 0 unspecified atom stereocenters. The van der Waals surface area contributed by atoms with Gasteiger partial charge in [0.2, 0.25) is 0 Å². The van der Waals surface area contributed by atoms with E-state index in [9.17, 15) is 0 Å². The molecule has 36 heavy (non-hydrogen) atoms. The second-order valence-corrected chi connectivity index (χ2v) is 9.71. The molecule has 5 aromatic rings. The molecule has 1 aliphatic heterocycles. The number of fused-ring (bicyclic) bond motifs is 2. The summed E-state index contributed by atoms with van der Waals surface area (Å²) >= 11 is 0. The first kappa shape index (κ1) is 21.0. The highest BCUT2D eigenvalue weighted by atomic mass is 15.2. The van der Waals surface area contributed by atoms with E-state index < -0.39 is 0 Å². The number of imidazole rings is 1. The molecule has 3 N–H and O–H groups in total. The predicted molar refractivity (Wildman–Crippen MR) is 142 cm³/mol. The van der Waals surface area contributed by atoms with E-state index in [2.05, 4.69) is 54.1 Å². The lowest BCUT2D eigenvalue weighted by Crippen LogP contribution is -2.29. The number of aromatic nitrogens is 7. The van der Waals surface area contributed by atoms with Gasteiger partial charge in [-0.05, 0) is 62.3 Å². The molecule has 9 nitrogen and oxygen atoms in total. The molecule has 0 radical (unpaired) electrons. The summed E-state index contributed by atoms with van der Waals surface area (Å²) in [6.45, 7) is 6.26. The summed E-state index contributed by atoms with van der Waals surface area (Å²) in [5, 5.41) is 11.1. The van der Waals surface area contributed by atoms with Crippen molar-refractivity contribution in [1.29, 1.82) is 0 Å². The van der Waals surface area contributed by atoms with Gasteiger partial charge in [0.1, 0.15) is 11.0 Å². The van der Waals surface area contributed by atoms with E-state index >= 15 is 0 Å². The fraction of sp³-hybridized carbons (Fsp3) is 0.296. The smallest absolute Gasteiger partial charge is 0.162 e. The van der Waals surface area contributed by atoms with Crippen LogP contribution in [-0.4, -0.2) is 48.2 Å². The molecule has 7 rings (SSSR count). The Morgan fingerprint density at radius 3 is 2.78 bits per heavy atom. The van der Waals surface area contributed by atoms with Crippen molar-refractivity contribution in [2.45, 2.75) is 32.1 Å². The normalized spacial score (nSPS) is 16.1. The lowest BCUT2D eigenvalue weighted by Gasteiger charge is -2.28. The SMILES string of the molecule is C=C(Nc1cncc(-c2ccc3[nH]nc(-c4nc5c(N6CCCCC6)ccnc5[nH]4)c3n2)c1)C1CC1. The van der Waals surface area contributed by atoms with Gasteiger partial charge in [-0.15, -0.1) is 0 Å². The first-order chi connectivity index (χ1) is 17.7. The Kier molecular flexibility index (Phi) is 4.93. The zero-order valence-electron chi connectivity index (χ0n) is 20.0. The summed E-state index contributed by atoms with van der Waals surface area (Å²) in [4.78, 5) is 24.6. The first-order valence-electron chi connectivity index (χ1n) is 12.6. The maximum absolute atomic E-state index is 4.96. The minimum absolute atomic E-state index is 0.574. The van der Waals surface area contributed by atoms with Crippen molar-refractivity contribution in [3.63, 3.8) is 0 Å². The zero-order chi connectivity index (χ0) is 24.1. The molecular formula is C27H27N9. The molecule has 2 fully saturated rings. The second kappa shape index (κ2) is 8.44. The lowest BCUT2D eigenvalue weighted by atomic mass is 10.1. The van der Waals surface area contributed by atoms with E-state index in [1.807, 2.05) is 30.7 Å². The molecule has 6 heterocycles. The number of hydrogen-bond acceptors (Lipinski definition) is 7. The number of rotatable bonds is 6. The highest BCUT2D eigenvalue weighted by Gasteiger charge is 2.25. The van der Waals surface area contributed by atoms with Crippen molar-refractivity contribution in [1.82, 2.24) is 35.1 Å². The number of nitrogens with zero attached hydrogens (tertiary/aromatic N) is 6. The minimum Gasteiger partial charge on any atom is -0.370 e. The summed E-state index contributed by atoms with van der Waals surface area (Å²) in [7, 11) is 0. The van der Waals surface area contributed by atoms with Crippen LogP contribution in [0.4, 0.5) is 11.4 Å².